The average molecular weight is 344 g/mol. The first-order valence-electron chi connectivity index (χ1n) is 9.10. The van der Waals surface area contributed by atoms with Gasteiger partial charge in [-0.05, 0) is 71.9 Å². The van der Waals surface area contributed by atoms with Crippen LogP contribution in [0.5, 0.6) is 0 Å². The van der Waals surface area contributed by atoms with E-state index in [1.807, 2.05) is 25.7 Å². The highest BCUT2D eigenvalue weighted by Crippen LogP contribution is 2.21. The fourth-order valence-corrected chi connectivity index (χ4v) is 2.89. The van der Waals surface area contributed by atoms with Gasteiger partial charge in [-0.25, -0.2) is 4.79 Å². The number of carbonyl (C=O) groups is 1. The van der Waals surface area contributed by atoms with Crippen molar-refractivity contribution in [1.82, 2.24) is 10.2 Å². The van der Waals surface area contributed by atoms with Crippen molar-refractivity contribution in [1.29, 1.82) is 0 Å². The van der Waals surface area contributed by atoms with Crippen molar-refractivity contribution in [3.05, 3.63) is 0 Å². The molecule has 0 aliphatic carbocycles. The van der Waals surface area contributed by atoms with Crippen LogP contribution in [0.25, 0.3) is 0 Å². The van der Waals surface area contributed by atoms with E-state index in [1.165, 1.54) is 6.42 Å². The Morgan fingerprint density at radius 3 is 2.33 bits per heavy atom. The summed E-state index contributed by atoms with van der Waals surface area (Å²) in [5.74, 6) is 0.696. The fraction of sp³-hybridized carbons (Fsp3) is 0.944. The number of methoxy groups -OCH3 is 2. The number of amides is 1. The van der Waals surface area contributed by atoms with Crippen LogP contribution in [0, 0.1) is 5.92 Å². The Labute approximate surface area is 147 Å². The summed E-state index contributed by atoms with van der Waals surface area (Å²) < 4.78 is 15.8. The highest BCUT2D eigenvalue weighted by molar-refractivity contribution is 5.68. The van der Waals surface area contributed by atoms with Crippen molar-refractivity contribution in [2.24, 2.45) is 5.92 Å². The molecule has 1 N–H and O–H groups in total. The van der Waals surface area contributed by atoms with Gasteiger partial charge in [-0.15, -0.1) is 0 Å². The molecule has 6 heteroatoms. The number of carbonyl (C=O) groups excluding carboxylic acids is 1. The first-order chi connectivity index (χ1) is 11.4. The number of likely N-dealkylation sites (tertiary alicyclic amines) is 1. The third kappa shape index (κ3) is 8.85. The molecule has 0 radical (unpaired) electrons. The number of hydrogen-bond donors (Lipinski definition) is 1. The molecule has 1 aliphatic rings. The predicted octanol–water partition coefficient (Wildman–Crippen LogP) is 3.01. The maximum Gasteiger partial charge on any atom is 0.410 e. The maximum absolute atomic E-state index is 12.0. The number of hydrogen-bond acceptors (Lipinski definition) is 5. The molecule has 1 aliphatic heterocycles. The van der Waals surface area contributed by atoms with Crippen LogP contribution in [-0.2, 0) is 14.2 Å². The van der Waals surface area contributed by atoms with Gasteiger partial charge in [0.05, 0.1) is 0 Å². The Morgan fingerprint density at radius 1 is 1.17 bits per heavy atom. The second-order valence-corrected chi connectivity index (χ2v) is 7.49. The molecule has 0 spiro atoms. The molecule has 1 saturated heterocycles. The zero-order valence-corrected chi connectivity index (χ0v) is 16.1. The molecule has 142 valence electrons. The second kappa shape index (κ2) is 10.9. The molecule has 1 heterocycles. The standard InChI is InChI=1S/C18H36N2O4/c1-18(2,3)24-17(21)20-13-9-15(10-14-20)8-12-19-11-6-7-16(22-4)23-5/h15-16,19H,6-14H2,1-5H3. The minimum absolute atomic E-state index is 0.0935. The maximum atomic E-state index is 12.0. The van der Waals surface area contributed by atoms with E-state index >= 15 is 0 Å². The van der Waals surface area contributed by atoms with Crippen molar-refractivity contribution >= 4 is 6.09 Å². The second-order valence-electron chi connectivity index (χ2n) is 7.49. The Bertz CT molecular complexity index is 345. The lowest BCUT2D eigenvalue weighted by Crippen LogP contribution is -2.42. The summed E-state index contributed by atoms with van der Waals surface area (Å²) >= 11 is 0. The smallest absolute Gasteiger partial charge is 0.410 e. The molecule has 1 amide bonds. The Kier molecular flexibility index (Phi) is 9.63. The Balaban J connectivity index is 2.07. The lowest BCUT2D eigenvalue weighted by atomic mass is 9.94. The molecule has 0 saturated carbocycles. The van der Waals surface area contributed by atoms with Crippen molar-refractivity contribution in [3.8, 4) is 0 Å². The minimum atomic E-state index is -0.414. The van der Waals surface area contributed by atoms with E-state index in [1.54, 1.807) is 14.2 Å². The SMILES string of the molecule is COC(CCCNCCC1CCN(C(=O)OC(C)(C)C)CC1)OC. The molecule has 0 aromatic carbocycles. The highest BCUT2D eigenvalue weighted by Gasteiger charge is 2.26. The summed E-state index contributed by atoms with van der Waals surface area (Å²) in [5, 5.41) is 3.48. The van der Waals surface area contributed by atoms with E-state index < -0.39 is 5.60 Å². The van der Waals surface area contributed by atoms with Gasteiger partial charge in [-0.3, -0.25) is 0 Å². The molecule has 0 bridgehead atoms. The number of nitrogens with one attached hydrogen (secondary N) is 1. The van der Waals surface area contributed by atoms with Gasteiger partial charge in [0.15, 0.2) is 6.29 Å². The summed E-state index contributed by atoms with van der Waals surface area (Å²) in [6, 6.07) is 0. The Morgan fingerprint density at radius 2 is 1.79 bits per heavy atom. The van der Waals surface area contributed by atoms with Crippen molar-refractivity contribution < 1.29 is 19.0 Å². The Hall–Kier alpha value is -0.850. The van der Waals surface area contributed by atoms with Gasteiger partial charge in [-0.1, -0.05) is 0 Å². The first-order valence-corrected chi connectivity index (χ1v) is 9.10. The topological polar surface area (TPSA) is 60.0 Å². The predicted molar refractivity (Wildman–Crippen MR) is 95.1 cm³/mol. The third-order valence-corrected chi connectivity index (χ3v) is 4.31. The van der Waals surface area contributed by atoms with Crippen LogP contribution in [0.2, 0.25) is 0 Å². The normalized spacial score (nSPS) is 16.7. The summed E-state index contributed by atoms with van der Waals surface area (Å²) in [4.78, 5) is 13.9. The van der Waals surface area contributed by atoms with Gasteiger partial charge in [0.2, 0.25) is 0 Å². The van der Waals surface area contributed by atoms with Crippen LogP contribution in [0.15, 0.2) is 0 Å². The summed E-state index contributed by atoms with van der Waals surface area (Å²) in [6.45, 7) is 9.36. The molecule has 0 aromatic heterocycles. The summed E-state index contributed by atoms with van der Waals surface area (Å²) in [6.07, 6.45) is 4.98. The van der Waals surface area contributed by atoms with E-state index in [2.05, 4.69) is 5.32 Å². The molecule has 0 aromatic rings. The van der Waals surface area contributed by atoms with E-state index in [0.29, 0.717) is 5.92 Å². The van der Waals surface area contributed by atoms with Crippen LogP contribution in [-0.4, -0.2) is 63.3 Å². The molecular weight excluding hydrogens is 308 g/mol. The van der Waals surface area contributed by atoms with Gasteiger partial charge in [0.25, 0.3) is 0 Å². The van der Waals surface area contributed by atoms with Crippen molar-refractivity contribution in [2.75, 3.05) is 40.4 Å². The van der Waals surface area contributed by atoms with Crippen LogP contribution >= 0.6 is 0 Å². The van der Waals surface area contributed by atoms with Gasteiger partial charge in [-0.2, -0.15) is 0 Å². The van der Waals surface area contributed by atoms with Crippen LogP contribution < -0.4 is 5.32 Å². The van der Waals surface area contributed by atoms with Crippen molar-refractivity contribution in [2.45, 2.75) is 64.8 Å². The number of ether oxygens (including phenoxy) is 3. The molecule has 1 fully saturated rings. The number of rotatable bonds is 9. The molecule has 0 unspecified atom stereocenters. The van der Waals surface area contributed by atoms with E-state index in [0.717, 1.165) is 51.9 Å². The average Bonchev–Trinajstić information content (AvgIpc) is 2.53. The highest BCUT2D eigenvalue weighted by atomic mass is 16.7. The molecule has 0 atom stereocenters. The number of piperidine rings is 1. The molecule has 1 rings (SSSR count). The first kappa shape index (κ1) is 21.2. The molecule has 6 nitrogen and oxygen atoms in total. The van der Waals surface area contributed by atoms with E-state index in [-0.39, 0.29) is 12.4 Å². The van der Waals surface area contributed by atoms with Gasteiger partial charge < -0.3 is 24.4 Å². The minimum Gasteiger partial charge on any atom is -0.444 e. The van der Waals surface area contributed by atoms with Crippen LogP contribution in [0.4, 0.5) is 4.79 Å². The molecular formula is C18H36N2O4. The van der Waals surface area contributed by atoms with E-state index in [4.69, 9.17) is 14.2 Å². The van der Waals surface area contributed by atoms with Gasteiger partial charge >= 0.3 is 6.09 Å². The lowest BCUT2D eigenvalue weighted by Gasteiger charge is -2.33. The fourth-order valence-electron chi connectivity index (χ4n) is 2.89. The summed E-state index contributed by atoms with van der Waals surface area (Å²) in [5.41, 5.74) is -0.414. The third-order valence-electron chi connectivity index (χ3n) is 4.31. The monoisotopic (exact) mass is 344 g/mol. The quantitative estimate of drug-likeness (QED) is 0.515. The van der Waals surface area contributed by atoms with Gasteiger partial charge in [0.1, 0.15) is 5.60 Å². The van der Waals surface area contributed by atoms with Crippen molar-refractivity contribution in [3.63, 3.8) is 0 Å². The molecule has 24 heavy (non-hydrogen) atoms. The van der Waals surface area contributed by atoms with Crippen LogP contribution in [0.1, 0.15) is 52.9 Å². The zero-order chi connectivity index (χ0) is 18.0. The summed E-state index contributed by atoms with van der Waals surface area (Å²) in [7, 11) is 3.34. The largest absolute Gasteiger partial charge is 0.444 e. The number of nitrogens with zero attached hydrogens (tertiary/aromatic N) is 1. The van der Waals surface area contributed by atoms with Crippen LogP contribution in [0.3, 0.4) is 0 Å². The van der Waals surface area contributed by atoms with Gasteiger partial charge in [0, 0.05) is 27.3 Å². The zero-order valence-electron chi connectivity index (χ0n) is 16.1. The van der Waals surface area contributed by atoms with E-state index in [9.17, 15) is 4.79 Å². The lowest BCUT2D eigenvalue weighted by molar-refractivity contribution is -0.106.